The summed E-state index contributed by atoms with van der Waals surface area (Å²) >= 11 is 5.81. The minimum Gasteiger partial charge on any atom is -0.355 e. The first-order valence-corrected chi connectivity index (χ1v) is 4.98. The summed E-state index contributed by atoms with van der Waals surface area (Å²) < 4.78 is 0. The van der Waals surface area contributed by atoms with Crippen LogP contribution in [-0.4, -0.2) is 12.5 Å². The fraction of sp³-hybridized carbons (Fsp3) is 0.273. The van der Waals surface area contributed by atoms with Crippen LogP contribution in [0.3, 0.4) is 0 Å². The van der Waals surface area contributed by atoms with Crippen LogP contribution in [0.4, 0.5) is 0 Å². The van der Waals surface area contributed by atoms with Crippen LogP contribution in [0.15, 0.2) is 24.3 Å². The molecule has 0 bridgehead atoms. The molecule has 78 valence electrons. The summed E-state index contributed by atoms with van der Waals surface area (Å²) in [7, 11) is 0. The molecule has 0 radical (unpaired) electrons. The Balaban J connectivity index is 2.32. The predicted molar refractivity (Wildman–Crippen MR) is 58.4 cm³/mol. The monoisotopic (exact) mass is 222 g/mol. The van der Waals surface area contributed by atoms with E-state index in [1.807, 2.05) is 18.2 Å². The molecule has 0 aliphatic carbocycles. The summed E-state index contributed by atoms with van der Waals surface area (Å²) in [5.41, 5.74) is 1.07. The topological polar surface area (TPSA) is 52.9 Å². The molecule has 0 atom stereocenters. The van der Waals surface area contributed by atoms with Gasteiger partial charge in [-0.3, -0.25) is 4.79 Å². The Morgan fingerprint density at radius 2 is 2.33 bits per heavy atom. The van der Waals surface area contributed by atoms with Crippen LogP contribution in [0.25, 0.3) is 0 Å². The first-order chi connectivity index (χ1) is 7.22. The van der Waals surface area contributed by atoms with Crippen LogP contribution in [-0.2, 0) is 11.2 Å². The number of nitrogens with zero attached hydrogens (tertiary/aromatic N) is 1. The van der Waals surface area contributed by atoms with Crippen LogP contribution >= 0.6 is 11.6 Å². The zero-order valence-electron chi connectivity index (χ0n) is 8.16. The number of carbonyl (C=O) groups excluding carboxylic acids is 1. The third-order valence-electron chi connectivity index (χ3n) is 1.86. The lowest BCUT2D eigenvalue weighted by molar-refractivity contribution is -0.120. The lowest BCUT2D eigenvalue weighted by atomic mass is 10.1. The van der Waals surface area contributed by atoms with Crippen molar-refractivity contribution in [2.75, 3.05) is 6.54 Å². The Kier molecular flexibility index (Phi) is 4.65. The predicted octanol–water partition coefficient (Wildman–Crippen LogP) is 1.91. The lowest BCUT2D eigenvalue weighted by Gasteiger charge is -2.03. The second kappa shape index (κ2) is 6.05. The molecule has 0 aromatic heterocycles. The molecule has 1 amide bonds. The summed E-state index contributed by atoms with van der Waals surface area (Å²) in [4.78, 5) is 10.9. The van der Waals surface area contributed by atoms with E-state index in [1.54, 1.807) is 12.1 Å². The SMILES string of the molecule is N#CCC(=O)NCCc1cccc(Cl)c1. The highest BCUT2D eigenvalue weighted by Gasteiger charge is 1.99. The van der Waals surface area contributed by atoms with Gasteiger partial charge in [-0.1, -0.05) is 23.7 Å². The molecule has 0 aliphatic rings. The van der Waals surface area contributed by atoms with E-state index in [0.717, 1.165) is 12.0 Å². The molecule has 1 rings (SSSR count). The number of nitriles is 1. The van der Waals surface area contributed by atoms with Crippen LogP contribution < -0.4 is 5.32 Å². The molecule has 1 N–H and O–H groups in total. The number of amides is 1. The van der Waals surface area contributed by atoms with Crippen LogP contribution in [0, 0.1) is 11.3 Å². The standard InChI is InChI=1S/C11H11ClN2O/c12-10-3-1-2-9(8-10)5-7-14-11(15)4-6-13/h1-3,8H,4-5,7H2,(H,14,15). The zero-order chi connectivity index (χ0) is 11.1. The van der Waals surface area contributed by atoms with Crippen molar-refractivity contribution in [3.05, 3.63) is 34.9 Å². The fourth-order valence-corrected chi connectivity index (χ4v) is 1.39. The highest BCUT2D eigenvalue weighted by molar-refractivity contribution is 6.30. The molecule has 3 nitrogen and oxygen atoms in total. The summed E-state index contributed by atoms with van der Waals surface area (Å²) in [5.74, 6) is -0.237. The van der Waals surface area contributed by atoms with Gasteiger partial charge in [0.05, 0.1) is 6.07 Å². The zero-order valence-corrected chi connectivity index (χ0v) is 8.92. The van der Waals surface area contributed by atoms with Gasteiger partial charge < -0.3 is 5.32 Å². The van der Waals surface area contributed by atoms with Crippen molar-refractivity contribution in [3.8, 4) is 6.07 Å². The van der Waals surface area contributed by atoms with E-state index in [2.05, 4.69) is 5.32 Å². The Hall–Kier alpha value is -1.53. The molecule has 15 heavy (non-hydrogen) atoms. The maximum Gasteiger partial charge on any atom is 0.234 e. The largest absolute Gasteiger partial charge is 0.355 e. The highest BCUT2D eigenvalue weighted by atomic mass is 35.5. The Bertz CT molecular complexity index is 384. The van der Waals surface area contributed by atoms with Crippen molar-refractivity contribution in [1.82, 2.24) is 5.32 Å². The summed E-state index contributed by atoms with van der Waals surface area (Å²) in [6.07, 6.45) is 0.632. The molecule has 1 aromatic rings. The number of halogens is 1. The van der Waals surface area contributed by atoms with E-state index in [9.17, 15) is 4.79 Å². The third-order valence-corrected chi connectivity index (χ3v) is 2.10. The number of nitrogens with one attached hydrogen (secondary N) is 1. The molecule has 0 heterocycles. The molecule has 4 heteroatoms. The van der Waals surface area contributed by atoms with Gasteiger partial charge in [-0.05, 0) is 24.1 Å². The molecule has 0 spiro atoms. The van der Waals surface area contributed by atoms with E-state index in [-0.39, 0.29) is 12.3 Å². The summed E-state index contributed by atoms with van der Waals surface area (Å²) in [6.45, 7) is 0.529. The first-order valence-electron chi connectivity index (χ1n) is 4.60. The molecule has 0 saturated heterocycles. The average Bonchev–Trinajstić information content (AvgIpc) is 2.18. The quantitative estimate of drug-likeness (QED) is 0.846. The van der Waals surface area contributed by atoms with Gasteiger partial charge in [0.15, 0.2) is 0 Å². The summed E-state index contributed by atoms with van der Waals surface area (Å²) in [5, 5.41) is 11.6. The van der Waals surface area contributed by atoms with Crippen molar-refractivity contribution in [3.63, 3.8) is 0 Å². The van der Waals surface area contributed by atoms with E-state index in [0.29, 0.717) is 11.6 Å². The third kappa shape index (κ3) is 4.48. The van der Waals surface area contributed by atoms with Crippen molar-refractivity contribution >= 4 is 17.5 Å². The van der Waals surface area contributed by atoms with Crippen molar-refractivity contribution in [2.24, 2.45) is 0 Å². The number of carbonyl (C=O) groups is 1. The van der Waals surface area contributed by atoms with Gasteiger partial charge in [-0.2, -0.15) is 5.26 Å². The van der Waals surface area contributed by atoms with E-state index in [1.165, 1.54) is 0 Å². The average molecular weight is 223 g/mol. The molecule has 0 fully saturated rings. The second-order valence-corrected chi connectivity index (χ2v) is 3.50. The van der Waals surface area contributed by atoms with Crippen LogP contribution in [0.5, 0.6) is 0 Å². The van der Waals surface area contributed by atoms with Crippen molar-refractivity contribution in [1.29, 1.82) is 5.26 Å². The first kappa shape index (κ1) is 11.5. The van der Waals surface area contributed by atoms with E-state index < -0.39 is 0 Å². The number of benzene rings is 1. The molecular formula is C11H11ClN2O. The molecule has 0 aliphatic heterocycles. The smallest absolute Gasteiger partial charge is 0.234 e. The number of rotatable bonds is 4. The highest BCUT2D eigenvalue weighted by Crippen LogP contribution is 2.10. The Morgan fingerprint density at radius 1 is 1.53 bits per heavy atom. The summed E-state index contributed by atoms with van der Waals surface area (Å²) in [6, 6.07) is 9.27. The number of hydrogen-bond acceptors (Lipinski definition) is 2. The molecular weight excluding hydrogens is 212 g/mol. The van der Waals surface area contributed by atoms with E-state index in [4.69, 9.17) is 16.9 Å². The van der Waals surface area contributed by atoms with Crippen LogP contribution in [0.2, 0.25) is 5.02 Å². The van der Waals surface area contributed by atoms with Gasteiger partial charge in [-0.15, -0.1) is 0 Å². The Morgan fingerprint density at radius 3 is 3.00 bits per heavy atom. The van der Waals surface area contributed by atoms with Crippen molar-refractivity contribution < 1.29 is 4.79 Å². The Labute approximate surface area is 93.7 Å². The second-order valence-electron chi connectivity index (χ2n) is 3.06. The maximum absolute atomic E-state index is 10.9. The van der Waals surface area contributed by atoms with Crippen molar-refractivity contribution in [2.45, 2.75) is 12.8 Å². The van der Waals surface area contributed by atoms with E-state index >= 15 is 0 Å². The fourth-order valence-electron chi connectivity index (χ4n) is 1.17. The van der Waals surface area contributed by atoms with Gasteiger partial charge in [-0.25, -0.2) is 0 Å². The molecule has 1 aromatic carbocycles. The van der Waals surface area contributed by atoms with Gasteiger partial charge >= 0.3 is 0 Å². The van der Waals surface area contributed by atoms with Gasteiger partial charge in [0.2, 0.25) is 5.91 Å². The van der Waals surface area contributed by atoms with Gasteiger partial charge in [0.1, 0.15) is 6.42 Å². The maximum atomic E-state index is 10.9. The number of hydrogen-bond donors (Lipinski definition) is 1. The molecule has 0 unspecified atom stereocenters. The van der Waals surface area contributed by atoms with Gasteiger partial charge in [0, 0.05) is 11.6 Å². The van der Waals surface area contributed by atoms with Crippen LogP contribution in [0.1, 0.15) is 12.0 Å². The molecule has 0 saturated carbocycles. The minimum absolute atomic E-state index is 0.0878. The van der Waals surface area contributed by atoms with Gasteiger partial charge in [0.25, 0.3) is 0 Å². The normalized spacial score (nSPS) is 9.33. The minimum atomic E-state index is -0.237. The lowest BCUT2D eigenvalue weighted by Crippen LogP contribution is -2.24.